The van der Waals surface area contributed by atoms with Gasteiger partial charge in [0, 0.05) is 36.5 Å². The molecule has 0 aliphatic carbocycles. The van der Waals surface area contributed by atoms with E-state index in [-0.39, 0.29) is 5.91 Å². The second kappa shape index (κ2) is 7.65. The van der Waals surface area contributed by atoms with E-state index in [0.29, 0.717) is 24.2 Å². The molecule has 0 aliphatic heterocycles. The predicted molar refractivity (Wildman–Crippen MR) is 98.5 cm³/mol. The minimum atomic E-state index is -0.511. The zero-order valence-corrected chi connectivity index (χ0v) is 14.5. The predicted octanol–water partition coefficient (Wildman–Crippen LogP) is 2.30. The van der Waals surface area contributed by atoms with Gasteiger partial charge in [0.25, 0.3) is 5.91 Å². The molecule has 26 heavy (non-hydrogen) atoms. The lowest BCUT2D eigenvalue weighted by molar-refractivity contribution is 0.0784. The van der Waals surface area contributed by atoms with Crippen molar-refractivity contribution in [3.63, 3.8) is 0 Å². The van der Waals surface area contributed by atoms with Crippen molar-refractivity contribution in [2.24, 2.45) is 5.73 Å². The van der Waals surface area contributed by atoms with Crippen LogP contribution in [0.15, 0.2) is 67.0 Å². The van der Waals surface area contributed by atoms with Crippen molar-refractivity contribution in [2.75, 3.05) is 7.05 Å². The Morgan fingerprint density at radius 3 is 2.31 bits per heavy atom. The van der Waals surface area contributed by atoms with Gasteiger partial charge >= 0.3 is 0 Å². The summed E-state index contributed by atoms with van der Waals surface area (Å²) in [5.74, 6) is -0.639. The highest BCUT2D eigenvalue weighted by molar-refractivity contribution is 5.97. The molecule has 1 heterocycles. The summed E-state index contributed by atoms with van der Waals surface area (Å²) >= 11 is 0. The Kier molecular flexibility index (Phi) is 5.12. The maximum Gasteiger partial charge on any atom is 0.253 e. The molecule has 0 aliphatic rings. The van der Waals surface area contributed by atoms with E-state index in [0.717, 1.165) is 5.56 Å². The van der Waals surface area contributed by atoms with Gasteiger partial charge in [-0.1, -0.05) is 30.3 Å². The molecule has 3 aromatic rings. The number of carbonyl (C=O) groups excluding carboxylic acids is 2. The van der Waals surface area contributed by atoms with Crippen LogP contribution >= 0.6 is 0 Å². The summed E-state index contributed by atoms with van der Waals surface area (Å²) in [5.41, 5.74) is 8.22. The van der Waals surface area contributed by atoms with Gasteiger partial charge in [-0.25, -0.2) is 0 Å². The lowest BCUT2D eigenvalue weighted by Gasteiger charge is -2.16. The average molecular weight is 348 g/mol. The van der Waals surface area contributed by atoms with Crippen molar-refractivity contribution in [2.45, 2.75) is 13.1 Å². The minimum Gasteiger partial charge on any atom is -0.366 e. The minimum absolute atomic E-state index is 0.128. The SMILES string of the molecule is CN(Cc1cnn(Cc2ccccc2)c1)C(=O)c1ccc(C(N)=O)cc1. The fourth-order valence-electron chi connectivity index (χ4n) is 2.69. The first-order valence-electron chi connectivity index (χ1n) is 8.23. The van der Waals surface area contributed by atoms with Gasteiger partial charge in [-0.3, -0.25) is 14.3 Å². The molecule has 0 saturated carbocycles. The fraction of sp³-hybridized carbons (Fsp3) is 0.150. The molecule has 0 unspecified atom stereocenters. The molecule has 0 saturated heterocycles. The molecule has 2 N–H and O–H groups in total. The Bertz CT molecular complexity index is 901. The largest absolute Gasteiger partial charge is 0.366 e. The van der Waals surface area contributed by atoms with E-state index in [1.54, 1.807) is 42.4 Å². The van der Waals surface area contributed by atoms with Gasteiger partial charge in [0.1, 0.15) is 0 Å². The van der Waals surface area contributed by atoms with Crippen LogP contribution in [0.3, 0.4) is 0 Å². The maximum absolute atomic E-state index is 12.5. The second-order valence-electron chi connectivity index (χ2n) is 6.13. The van der Waals surface area contributed by atoms with Crippen molar-refractivity contribution < 1.29 is 9.59 Å². The number of rotatable bonds is 6. The Balaban J connectivity index is 1.63. The zero-order chi connectivity index (χ0) is 18.5. The van der Waals surface area contributed by atoms with E-state index < -0.39 is 5.91 Å². The number of aromatic nitrogens is 2. The van der Waals surface area contributed by atoms with Crippen LogP contribution in [0.2, 0.25) is 0 Å². The number of amides is 2. The third-order valence-corrected chi connectivity index (χ3v) is 4.06. The summed E-state index contributed by atoms with van der Waals surface area (Å²) in [6, 6.07) is 16.4. The van der Waals surface area contributed by atoms with Crippen LogP contribution in [0.1, 0.15) is 31.8 Å². The third kappa shape index (κ3) is 4.16. The molecule has 1 aromatic heterocycles. The van der Waals surface area contributed by atoms with Gasteiger partial charge in [-0.15, -0.1) is 0 Å². The van der Waals surface area contributed by atoms with E-state index in [9.17, 15) is 9.59 Å². The van der Waals surface area contributed by atoms with E-state index in [1.165, 1.54) is 5.56 Å². The molecule has 2 amide bonds. The topological polar surface area (TPSA) is 81.2 Å². The molecule has 2 aromatic carbocycles. The van der Waals surface area contributed by atoms with E-state index >= 15 is 0 Å². The average Bonchev–Trinajstić information content (AvgIpc) is 3.08. The highest BCUT2D eigenvalue weighted by atomic mass is 16.2. The van der Waals surface area contributed by atoms with Crippen LogP contribution in [0, 0.1) is 0 Å². The smallest absolute Gasteiger partial charge is 0.253 e. The molecule has 6 heteroatoms. The molecule has 0 spiro atoms. The van der Waals surface area contributed by atoms with Crippen molar-refractivity contribution in [1.29, 1.82) is 0 Å². The van der Waals surface area contributed by atoms with Crippen molar-refractivity contribution in [3.8, 4) is 0 Å². The van der Waals surface area contributed by atoms with Gasteiger partial charge in [0.05, 0.1) is 12.7 Å². The number of primary amides is 1. The van der Waals surface area contributed by atoms with Gasteiger partial charge in [0.2, 0.25) is 5.91 Å². The zero-order valence-electron chi connectivity index (χ0n) is 14.5. The standard InChI is InChI=1S/C20H20N4O2/c1-23(20(26)18-9-7-17(8-10-18)19(21)25)12-16-11-22-24(14-16)13-15-5-3-2-4-6-15/h2-11,14H,12-13H2,1H3,(H2,21,25). The van der Waals surface area contributed by atoms with Gasteiger partial charge < -0.3 is 10.6 Å². The number of carbonyl (C=O) groups is 2. The molecular formula is C20H20N4O2. The molecule has 0 radical (unpaired) electrons. The first-order valence-corrected chi connectivity index (χ1v) is 8.23. The maximum atomic E-state index is 12.5. The van der Waals surface area contributed by atoms with Crippen LogP contribution in [0.5, 0.6) is 0 Å². The van der Waals surface area contributed by atoms with Crippen LogP contribution in [-0.4, -0.2) is 33.5 Å². The molecule has 0 fully saturated rings. The molecule has 0 atom stereocenters. The monoisotopic (exact) mass is 348 g/mol. The highest BCUT2D eigenvalue weighted by Crippen LogP contribution is 2.10. The van der Waals surface area contributed by atoms with Gasteiger partial charge in [-0.2, -0.15) is 5.10 Å². The van der Waals surface area contributed by atoms with Crippen LogP contribution in [-0.2, 0) is 13.1 Å². The number of hydrogen-bond donors (Lipinski definition) is 1. The van der Waals surface area contributed by atoms with E-state index in [4.69, 9.17) is 5.73 Å². The molecular weight excluding hydrogens is 328 g/mol. The summed E-state index contributed by atoms with van der Waals surface area (Å²) in [5, 5.41) is 4.35. The molecule has 3 rings (SSSR count). The Labute approximate surface area is 151 Å². The third-order valence-electron chi connectivity index (χ3n) is 4.06. The number of hydrogen-bond acceptors (Lipinski definition) is 3. The Morgan fingerprint density at radius 2 is 1.65 bits per heavy atom. The van der Waals surface area contributed by atoms with Crippen LogP contribution < -0.4 is 5.73 Å². The molecule has 0 bridgehead atoms. The first kappa shape index (κ1) is 17.4. The first-order chi connectivity index (χ1) is 12.5. The number of nitrogens with two attached hydrogens (primary N) is 1. The van der Waals surface area contributed by atoms with Crippen LogP contribution in [0.25, 0.3) is 0 Å². The number of benzene rings is 2. The Morgan fingerprint density at radius 1 is 1.00 bits per heavy atom. The summed E-state index contributed by atoms with van der Waals surface area (Å²) in [7, 11) is 1.73. The van der Waals surface area contributed by atoms with Gasteiger partial charge in [0.15, 0.2) is 0 Å². The summed E-state index contributed by atoms with van der Waals surface area (Å²) in [6.45, 7) is 1.14. The van der Waals surface area contributed by atoms with Crippen molar-refractivity contribution >= 4 is 11.8 Å². The van der Waals surface area contributed by atoms with Gasteiger partial charge in [-0.05, 0) is 29.8 Å². The fourth-order valence-corrected chi connectivity index (χ4v) is 2.69. The summed E-state index contributed by atoms with van der Waals surface area (Å²) < 4.78 is 1.85. The highest BCUT2D eigenvalue weighted by Gasteiger charge is 2.13. The van der Waals surface area contributed by atoms with Crippen molar-refractivity contribution in [3.05, 3.63) is 89.2 Å². The normalized spacial score (nSPS) is 10.5. The van der Waals surface area contributed by atoms with Crippen LogP contribution in [0.4, 0.5) is 0 Å². The molecule has 6 nitrogen and oxygen atoms in total. The second-order valence-corrected chi connectivity index (χ2v) is 6.13. The quantitative estimate of drug-likeness (QED) is 0.742. The lowest BCUT2D eigenvalue weighted by Crippen LogP contribution is -2.26. The van der Waals surface area contributed by atoms with Crippen molar-refractivity contribution in [1.82, 2.24) is 14.7 Å². The number of nitrogens with zero attached hydrogens (tertiary/aromatic N) is 3. The summed E-state index contributed by atoms with van der Waals surface area (Å²) in [6.07, 6.45) is 3.70. The van der Waals surface area contributed by atoms with E-state index in [1.807, 2.05) is 41.2 Å². The van der Waals surface area contributed by atoms with E-state index in [2.05, 4.69) is 5.10 Å². The summed E-state index contributed by atoms with van der Waals surface area (Å²) in [4.78, 5) is 25.2. The molecule has 132 valence electrons. The Hall–Kier alpha value is -3.41. The lowest BCUT2D eigenvalue weighted by atomic mass is 10.1.